The Kier molecular flexibility index (Phi) is 3.76. The van der Waals surface area contributed by atoms with Crippen LogP contribution in [0, 0.1) is 6.92 Å². The van der Waals surface area contributed by atoms with Crippen molar-refractivity contribution in [2.45, 2.75) is 13.1 Å². The van der Waals surface area contributed by atoms with E-state index in [1.54, 1.807) is 13.0 Å². The Bertz CT molecular complexity index is 641. The summed E-state index contributed by atoms with van der Waals surface area (Å²) in [5.74, 6) is 0.306. The second kappa shape index (κ2) is 5.20. The minimum atomic E-state index is -4.51. The SMILES string of the molecule is Cc1ccnc(Nc2ccc(Cl)c(C(F)(F)F)c2)c1N. The minimum absolute atomic E-state index is 0.214. The maximum Gasteiger partial charge on any atom is 0.417 e. The van der Waals surface area contributed by atoms with Gasteiger partial charge in [0.1, 0.15) is 0 Å². The number of hydrogen-bond acceptors (Lipinski definition) is 3. The fourth-order valence-electron chi connectivity index (χ4n) is 1.63. The molecule has 1 heterocycles. The van der Waals surface area contributed by atoms with Crippen molar-refractivity contribution in [2.24, 2.45) is 0 Å². The molecule has 3 nitrogen and oxygen atoms in total. The monoisotopic (exact) mass is 301 g/mol. The Morgan fingerprint density at radius 2 is 1.95 bits per heavy atom. The minimum Gasteiger partial charge on any atom is -0.396 e. The molecular weight excluding hydrogens is 291 g/mol. The Morgan fingerprint density at radius 3 is 2.60 bits per heavy atom. The van der Waals surface area contributed by atoms with Crippen molar-refractivity contribution in [1.29, 1.82) is 0 Å². The van der Waals surface area contributed by atoms with Gasteiger partial charge in [-0.05, 0) is 36.8 Å². The molecule has 0 amide bonds. The lowest BCUT2D eigenvalue weighted by Gasteiger charge is -2.13. The van der Waals surface area contributed by atoms with Crippen LogP contribution in [-0.4, -0.2) is 4.98 Å². The average molecular weight is 302 g/mol. The van der Waals surface area contributed by atoms with E-state index in [1.165, 1.54) is 18.3 Å². The smallest absolute Gasteiger partial charge is 0.396 e. The Hall–Kier alpha value is -1.95. The number of alkyl halides is 3. The summed E-state index contributed by atoms with van der Waals surface area (Å²) in [5, 5.41) is 2.40. The van der Waals surface area contributed by atoms with Gasteiger partial charge in [0.2, 0.25) is 0 Å². The molecule has 0 saturated heterocycles. The molecule has 106 valence electrons. The van der Waals surface area contributed by atoms with Crippen LogP contribution >= 0.6 is 11.6 Å². The molecule has 0 aliphatic rings. The van der Waals surface area contributed by atoms with E-state index in [1.807, 2.05) is 0 Å². The fraction of sp³-hybridized carbons (Fsp3) is 0.154. The highest BCUT2D eigenvalue weighted by Gasteiger charge is 2.33. The number of aryl methyl sites for hydroxylation is 1. The molecule has 2 aromatic rings. The van der Waals surface area contributed by atoms with Gasteiger partial charge in [0.25, 0.3) is 0 Å². The van der Waals surface area contributed by atoms with Gasteiger partial charge in [-0.1, -0.05) is 11.6 Å². The van der Waals surface area contributed by atoms with Crippen LogP contribution in [0.4, 0.5) is 30.4 Å². The molecule has 3 N–H and O–H groups in total. The summed E-state index contributed by atoms with van der Waals surface area (Å²) >= 11 is 5.55. The second-order valence-electron chi connectivity index (χ2n) is 4.21. The highest BCUT2D eigenvalue weighted by molar-refractivity contribution is 6.31. The molecule has 0 aliphatic heterocycles. The number of nitrogens with one attached hydrogen (secondary N) is 1. The van der Waals surface area contributed by atoms with E-state index in [2.05, 4.69) is 10.3 Å². The van der Waals surface area contributed by atoms with Crippen molar-refractivity contribution in [3.8, 4) is 0 Å². The van der Waals surface area contributed by atoms with Gasteiger partial charge in [-0.25, -0.2) is 4.98 Å². The van der Waals surface area contributed by atoms with Gasteiger partial charge in [0.15, 0.2) is 5.82 Å². The lowest BCUT2D eigenvalue weighted by Crippen LogP contribution is -2.07. The van der Waals surface area contributed by atoms with Gasteiger partial charge in [0, 0.05) is 11.9 Å². The molecule has 0 spiro atoms. The Labute approximate surface area is 118 Å². The quantitative estimate of drug-likeness (QED) is 0.865. The van der Waals surface area contributed by atoms with Gasteiger partial charge < -0.3 is 11.1 Å². The lowest BCUT2D eigenvalue weighted by molar-refractivity contribution is -0.137. The highest BCUT2D eigenvalue weighted by atomic mass is 35.5. The number of nitrogens with two attached hydrogens (primary N) is 1. The van der Waals surface area contributed by atoms with E-state index >= 15 is 0 Å². The van der Waals surface area contributed by atoms with E-state index in [0.29, 0.717) is 11.5 Å². The Balaban J connectivity index is 2.38. The fourth-order valence-corrected chi connectivity index (χ4v) is 1.85. The van der Waals surface area contributed by atoms with Crippen molar-refractivity contribution >= 4 is 28.8 Å². The third kappa shape index (κ3) is 2.96. The number of nitrogen functional groups attached to an aromatic ring is 1. The molecule has 0 saturated carbocycles. The maximum absolute atomic E-state index is 12.8. The van der Waals surface area contributed by atoms with E-state index < -0.39 is 11.7 Å². The summed E-state index contributed by atoms with van der Waals surface area (Å²) < 4.78 is 38.3. The van der Waals surface area contributed by atoms with Gasteiger partial charge in [0.05, 0.1) is 16.3 Å². The first-order valence-corrected chi connectivity index (χ1v) is 6.01. The number of pyridine rings is 1. The van der Waals surface area contributed by atoms with Gasteiger partial charge in [-0.15, -0.1) is 0 Å². The molecule has 0 radical (unpaired) electrons. The van der Waals surface area contributed by atoms with Crippen LogP contribution in [0.5, 0.6) is 0 Å². The van der Waals surface area contributed by atoms with E-state index in [4.69, 9.17) is 17.3 Å². The number of anilines is 3. The average Bonchev–Trinajstić information content (AvgIpc) is 2.36. The highest BCUT2D eigenvalue weighted by Crippen LogP contribution is 2.37. The summed E-state index contributed by atoms with van der Waals surface area (Å²) in [6.07, 6.45) is -2.99. The van der Waals surface area contributed by atoms with Gasteiger partial charge in [-0.2, -0.15) is 13.2 Å². The molecule has 1 aromatic heterocycles. The van der Waals surface area contributed by atoms with E-state index in [0.717, 1.165) is 11.6 Å². The number of nitrogens with zero attached hydrogens (tertiary/aromatic N) is 1. The van der Waals surface area contributed by atoms with Crippen molar-refractivity contribution in [3.63, 3.8) is 0 Å². The summed E-state index contributed by atoms with van der Waals surface area (Å²) in [7, 11) is 0. The molecule has 20 heavy (non-hydrogen) atoms. The van der Waals surface area contributed by atoms with Crippen LogP contribution in [0.2, 0.25) is 5.02 Å². The van der Waals surface area contributed by atoms with Crippen LogP contribution < -0.4 is 11.1 Å². The number of hydrogen-bond donors (Lipinski definition) is 2. The number of halogens is 4. The number of aromatic nitrogens is 1. The normalized spacial score (nSPS) is 11.4. The number of benzene rings is 1. The predicted molar refractivity (Wildman–Crippen MR) is 73.1 cm³/mol. The zero-order valence-electron chi connectivity index (χ0n) is 10.4. The van der Waals surface area contributed by atoms with Crippen LogP contribution in [-0.2, 0) is 6.18 Å². The summed E-state index contributed by atoms with van der Waals surface area (Å²) in [6.45, 7) is 1.78. The second-order valence-corrected chi connectivity index (χ2v) is 4.61. The van der Waals surface area contributed by atoms with Crippen LogP contribution in [0.15, 0.2) is 30.5 Å². The lowest BCUT2D eigenvalue weighted by atomic mass is 10.2. The standard InChI is InChI=1S/C13H11ClF3N3/c1-7-4-5-19-12(11(7)18)20-8-2-3-10(14)9(6-8)13(15,16)17/h2-6H,18H2,1H3,(H,19,20). The van der Waals surface area contributed by atoms with E-state index in [-0.39, 0.29) is 10.7 Å². The molecule has 0 atom stereocenters. The van der Waals surface area contributed by atoms with Crippen molar-refractivity contribution in [2.75, 3.05) is 11.1 Å². The number of rotatable bonds is 2. The predicted octanol–water partition coefficient (Wildman–Crippen LogP) is 4.39. The van der Waals surface area contributed by atoms with Crippen molar-refractivity contribution in [1.82, 2.24) is 4.98 Å². The molecule has 7 heteroatoms. The zero-order chi connectivity index (χ0) is 14.9. The van der Waals surface area contributed by atoms with Crippen molar-refractivity contribution in [3.05, 3.63) is 46.6 Å². The molecule has 1 aromatic carbocycles. The molecule has 0 bridgehead atoms. The molecule has 2 rings (SSSR count). The topological polar surface area (TPSA) is 50.9 Å². The van der Waals surface area contributed by atoms with E-state index in [9.17, 15) is 13.2 Å². The Morgan fingerprint density at radius 1 is 1.25 bits per heavy atom. The van der Waals surface area contributed by atoms with Crippen molar-refractivity contribution < 1.29 is 13.2 Å². The molecule has 0 aliphatic carbocycles. The zero-order valence-corrected chi connectivity index (χ0v) is 11.2. The third-order valence-corrected chi connectivity index (χ3v) is 3.07. The molecule has 0 unspecified atom stereocenters. The summed E-state index contributed by atoms with van der Waals surface area (Å²) in [4.78, 5) is 4.00. The first kappa shape index (κ1) is 14.5. The third-order valence-electron chi connectivity index (χ3n) is 2.74. The van der Waals surface area contributed by atoms with Crippen LogP contribution in [0.3, 0.4) is 0 Å². The molecular formula is C13H11ClF3N3. The van der Waals surface area contributed by atoms with Crippen LogP contribution in [0.1, 0.15) is 11.1 Å². The van der Waals surface area contributed by atoms with Gasteiger partial charge >= 0.3 is 6.18 Å². The first-order chi connectivity index (χ1) is 9.29. The first-order valence-electron chi connectivity index (χ1n) is 5.64. The maximum atomic E-state index is 12.8. The summed E-state index contributed by atoms with van der Waals surface area (Å²) in [6, 6.07) is 5.25. The summed E-state index contributed by atoms with van der Waals surface area (Å²) in [5.41, 5.74) is 6.29. The van der Waals surface area contributed by atoms with Crippen LogP contribution in [0.25, 0.3) is 0 Å². The largest absolute Gasteiger partial charge is 0.417 e. The molecule has 0 fully saturated rings. The van der Waals surface area contributed by atoms with Gasteiger partial charge in [-0.3, -0.25) is 0 Å².